The van der Waals surface area contributed by atoms with Gasteiger partial charge in [-0.2, -0.15) is 5.10 Å². The van der Waals surface area contributed by atoms with Crippen molar-refractivity contribution >= 4 is 50.9 Å². The van der Waals surface area contributed by atoms with Gasteiger partial charge in [0.1, 0.15) is 6.54 Å². The maximum absolute atomic E-state index is 12.5. The van der Waals surface area contributed by atoms with Crippen LogP contribution in [0.2, 0.25) is 0 Å². The van der Waals surface area contributed by atoms with Gasteiger partial charge in [0.25, 0.3) is 0 Å². The van der Waals surface area contributed by atoms with Crippen molar-refractivity contribution < 1.29 is 13.2 Å². The maximum atomic E-state index is 12.5. The number of sulfonamides is 1. The summed E-state index contributed by atoms with van der Waals surface area (Å²) < 4.78 is 27.4. The van der Waals surface area contributed by atoms with E-state index in [1.165, 1.54) is 15.6 Å². The van der Waals surface area contributed by atoms with Crippen LogP contribution in [0.15, 0.2) is 41.8 Å². The van der Waals surface area contributed by atoms with E-state index in [2.05, 4.69) is 15.5 Å². The first-order chi connectivity index (χ1) is 13.4. The number of thiophene rings is 1. The molecule has 1 saturated heterocycles. The minimum atomic E-state index is -3.22. The number of benzene rings is 1. The molecule has 11 heteroatoms. The van der Waals surface area contributed by atoms with Crippen molar-refractivity contribution in [2.75, 3.05) is 21.9 Å². The molecule has 1 amide bonds. The summed E-state index contributed by atoms with van der Waals surface area (Å²) in [6.07, 6.45) is 0.624. The Labute approximate surface area is 170 Å². The predicted octanol–water partition coefficient (Wildman–Crippen LogP) is 2.85. The molecule has 0 saturated carbocycles. The van der Waals surface area contributed by atoms with Gasteiger partial charge in [0, 0.05) is 12.2 Å². The lowest BCUT2D eigenvalue weighted by molar-refractivity contribution is -0.116. The summed E-state index contributed by atoms with van der Waals surface area (Å²) in [4.78, 5) is 13.4. The van der Waals surface area contributed by atoms with E-state index in [1.54, 1.807) is 28.8 Å². The zero-order valence-electron chi connectivity index (χ0n) is 14.7. The minimum Gasteiger partial charge on any atom is -0.325 e. The van der Waals surface area contributed by atoms with Gasteiger partial charge in [0.15, 0.2) is 10.6 Å². The van der Waals surface area contributed by atoms with Crippen LogP contribution < -0.4 is 9.62 Å². The second-order valence-corrected chi connectivity index (χ2v) is 9.60. The summed E-state index contributed by atoms with van der Waals surface area (Å²) in [6, 6.07) is 10.6. The fourth-order valence-electron chi connectivity index (χ4n) is 3.04. The number of nitrogens with one attached hydrogen (secondary N) is 2. The van der Waals surface area contributed by atoms with Gasteiger partial charge >= 0.3 is 0 Å². The Kier molecular flexibility index (Phi) is 5.04. The highest BCUT2D eigenvalue weighted by Crippen LogP contribution is 2.26. The molecular weight excluding hydrogens is 418 g/mol. The van der Waals surface area contributed by atoms with Gasteiger partial charge in [-0.15, -0.1) is 11.3 Å². The van der Waals surface area contributed by atoms with Crippen LogP contribution in [-0.4, -0.2) is 41.4 Å². The lowest BCUT2D eigenvalue weighted by Gasteiger charge is -2.17. The number of H-pyrrole nitrogens is 1. The molecule has 28 heavy (non-hydrogen) atoms. The zero-order chi connectivity index (χ0) is 19.7. The molecule has 0 radical (unpaired) electrons. The molecule has 0 bridgehead atoms. The van der Waals surface area contributed by atoms with Gasteiger partial charge in [0.2, 0.25) is 15.9 Å². The molecular formula is C17H17N5O3S3. The highest BCUT2D eigenvalue weighted by Gasteiger charge is 2.28. The van der Waals surface area contributed by atoms with Crippen LogP contribution in [0.4, 0.5) is 11.4 Å². The normalized spacial score (nSPS) is 15.6. The minimum absolute atomic E-state index is 0.0187. The molecule has 0 atom stereocenters. The van der Waals surface area contributed by atoms with Crippen molar-refractivity contribution in [3.05, 3.63) is 46.5 Å². The fraction of sp³-hybridized carbons (Fsp3) is 0.235. The topological polar surface area (TPSA) is 100 Å². The smallest absolute Gasteiger partial charge is 0.244 e. The van der Waals surface area contributed by atoms with E-state index in [9.17, 15) is 13.2 Å². The van der Waals surface area contributed by atoms with E-state index in [4.69, 9.17) is 12.2 Å². The van der Waals surface area contributed by atoms with Crippen LogP contribution in [0.1, 0.15) is 6.42 Å². The van der Waals surface area contributed by atoms with E-state index in [0.717, 1.165) is 4.88 Å². The number of anilines is 2. The first-order valence-corrected chi connectivity index (χ1v) is 11.4. The Morgan fingerprint density at radius 3 is 2.71 bits per heavy atom. The molecule has 0 spiro atoms. The van der Waals surface area contributed by atoms with Crippen LogP contribution >= 0.6 is 23.6 Å². The molecule has 146 valence electrons. The molecule has 0 aliphatic carbocycles. The summed E-state index contributed by atoms with van der Waals surface area (Å²) in [6.45, 7) is 0.503. The van der Waals surface area contributed by atoms with Crippen LogP contribution in [-0.2, 0) is 21.4 Å². The van der Waals surface area contributed by atoms with Crippen molar-refractivity contribution in [3.8, 4) is 10.7 Å². The third-order valence-corrected chi connectivity index (χ3v) is 7.39. The highest BCUT2D eigenvalue weighted by atomic mass is 32.2. The molecule has 4 rings (SSSR count). The van der Waals surface area contributed by atoms with E-state index in [0.29, 0.717) is 34.9 Å². The van der Waals surface area contributed by atoms with E-state index < -0.39 is 10.0 Å². The number of aromatic nitrogens is 3. The maximum Gasteiger partial charge on any atom is 0.244 e. The number of amides is 1. The summed E-state index contributed by atoms with van der Waals surface area (Å²) >= 11 is 6.75. The molecule has 2 aromatic heterocycles. The first-order valence-electron chi connectivity index (χ1n) is 8.53. The largest absolute Gasteiger partial charge is 0.325 e. The summed E-state index contributed by atoms with van der Waals surface area (Å²) in [7, 11) is -3.22. The van der Waals surface area contributed by atoms with Gasteiger partial charge in [-0.1, -0.05) is 6.07 Å². The Morgan fingerprint density at radius 1 is 1.29 bits per heavy atom. The lowest BCUT2D eigenvalue weighted by atomic mass is 10.2. The summed E-state index contributed by atoms with van der Waals surface area (Å²) in [5.74, 6) is 0.533. The van der Waals surface area contributed by atoms with Gasteiger partial charge in [-0.3, -0.25) is 18.8 Å². The monoisotopic (exact) mass is 435 g/mol. The second-order valence-electron chi connectivity index (χ2n) is 6.25. The molecule has 1 aliphatic rings. The highest BCUT2D eigenvalue weighted by molar-refractivity contribution is 7.93. The lowest BCUT2D eigenvalue weighted by Crippen LogP contribution is -2.25. The van der Waals surface area contributed by atoms with Crippen LogP contribution in [0.3, 0.4) is 0 Å². The van der Waals surface area contributed by atoms with Crippen molar-refractivity contribution in [3.63, 3.8) is 0 Å². The SMILES string of the molecule is O=C(Cn1c(-c2cccs2)n[nH]c1=S)Nc1ccc(N2CCCS2(=O)=O)cc1. The number of hydrogen-bond acceptors (Lipinski definition) is 6. The second kappa shape index (κ2) is 7.49. The van der Waals surface area contributed by atoms with E-state index >= 15 is 0 Å². The Bertz CT molecular complexity index is 1150. The third-order valence-electron chi connectivity index (χ3n) is 4.34. The number of hydrogen-bond donors (Lipinski definition) is 2. The molecule has 8 nitrogen and oxygen atoms in total. The summed E-state index contributed by atoms with van der Waals surface area (Å²) in [5.41, 5.74) is 1.19. The van der Waals surface area contributed by atoms with E-state index in [1.807, 2.05) is 17.5 Å². The van der Waals surface area contributed by atoms with Gasteiger partial charge in [-0.25, -0.2) is 8.42 Å². The van der Waals surface area contributed by atoms with Crippen molar-refractivity contribution in [2.45, 2.75) is 13.0 Å². The number of carbonyl (C=O) groups excluding carboxylic acids is 1. The molecule has 1 aliphatic heterocycles. The quantitative estimate of drug-likeness (QED) is 0.600. The Morgan fingerprint density at radius 2 is 2.07 bits per heavy atom. The van der Waals surface area contributed by atoms with E-state index in [-0.39, 0.29) is 18.2 Å². The predicted molar refractivity (Wildman–Crippen MR) is 112 cm³/mol. The van der Waals surface area contributed by atoms with Crippen LogP contribution in [0.5, 0.6) is 0 Å². The van der Waals surface area contributed by atoms with Crippen LogP contribution in [0.25, 0.3) is 10.7 Å². The standard InChI is InChI=1S/C17H17N5O3S3/c23-15(11-21-16(19-20-17(21)26)14-3-1-9-27-14)18-12-4-6-13(7-5-12)22-8-2-10-28(22,24)25/h1,3-7,9H,2,8,10-11H2,(H,18,23)(H,20,26). The first kappa shape index (κ1) is 18.8. The van der Waals surface area contributed by atoms with Crippen molar-refractivity contribution in [1.29, 1.82) is 0 Å². The van der Waals surface area contributed by atoms with Crippen LogP contribution in [0, 0.1) is 4.77 Å². The number of rotatable bonds is 5. The molecule has 1 fully saturated rings. The number of carbonyl (C=O) groups is 1. The van der Waals surface area contributed by atoms with Gasteiger partial charge in [0.05, 0.1) is 16.3 Å². The number of nitrogens with zero attached hydrogens (tertiary/aromatic N) is 3. The van der Waals surface area contributed by atoms with Crippen molar-refractivity contribution in [1.82, 2.24) is 14.8 Å². The number of aromatic amines is 1. The van der Waals surface area contributed by atoms with Gasteiger partial charge in [-0.05, 0) is 54.4 Å². The average Bonchev–Trinajstić information content (AvgIpc) is 3.37. The fourth-order valence-corrected chi connectivity index (χ4v) is 5.53. The van der Waals surface area contributed by atoms with Gasteiger partial charge < -0.3 is 5.32 Å². The molecule has 2 N–H and O–H groups in total. The zero-order valence-corrected chi connectivity index (χ0v) is 17.1. The molecule has 3 aromatic rings. The Balaban J connectivity index is 1.47. The molecule has 1 aromatic carbocycles. The third kappa shape index (κ3) is 3.73. The summed E-state index contributed by atoms with van der Waals surface area (Å²) in [5, 5.41) is 11.7. The van der Waals surface area contributed by atoms with Crippen molar-refractivity contribution in [2.24, 2.45) is 0 Å². The average molecular weight is 436 g/mol. The molecule has 3 heterocycles. The Hall–Kier alpha value is -2.50. The molecule has 0 unspecified atom stereocenters.